The van der Waals surface area contributed by atoms with Crippen molar-refractivity contribution in [1.82, 2.24) is 5.32 Å². The summed E-state index contributed by atoms with van der Waals surface area (Å²) in [6.45, 7) is 7.03. The second kappa shape index (κ2) is 10.2. The van der Waals surface area contributed by atoms with Crippen LogP contribution in [0.2, 0.25) is 0 Å². The summed E-state index contributed by atoms with van der Waals surface area (Å²) in [6.07, 6.45) is 0.362. The standard InChI is InChI=1S/C19H29NO5/c1-19(2,3)15-8-6-14(7-9-15)12-16(18(22)24-5)20-17(21)13-25-11-10-23-4/h6-9,16H,10-13H2,1-5H3,(H,20,21)/t16-/m0/s1. The summed E-state index contributed by atoms with van der Waals surface area (Å²) >= 11 is 0. The third-order valence-corrected chi connectivity index (χ3v) is 3.75. The van der Waals surface area contributed by atoms with Gasteiger partial charge in [0.15, 0.2) is 0 Å². The molecule has 0 radical (unpaired) electrons. The summed E-state index contributed by atoms with van der Waals surface area (Å²) < 4.78 is 14.8. The lowest BCUT2D eigenvalue weighted by molar-refractivity contribution is -0.145. The van der Waals surface area contributed by atoms with E-state index in [-0.39, 0.29) is 17.9 Å². The van der Waals surface area contributed by atoms with Gasteiger partial charge in [-0.1, -0.05) is 45.0 Å². The Kier molecular flexibility index (Phi) is 8.58. The number of benzene rings is 1. The fourth-order valence-corrected chi connectivity index (χ4v) is 2.26. The maximum Gasteiger partial charge on any atom is 0.328 e. The Labute approximate surface area is 149 Å². The molecule has 0 fully saturated rings. The van der Waals surface area contributed by atoms with Crippen LogP contribution < -0.4 is 5.32 Å². The van der Waals surface area contributed by atoms with Crippen molar-refractivity contribution >= 4 is 11.9 Å². The van der Waals surface area contributed by atoms with Gasteiger partial charge < -0.3 is 19.5 Å². The van der Waals surface area contributed by atoms with Crippen LogP contribution in [0, 0.1) is 0 Å². The van der Waals surface area contributed by atoms with Gasteiger partial charge in [0, 0.05) is 13.5 Å². The number of ether oxygens (including phenoxy) is 3. The second-order valence-corrected chi connectivity index (χ2v) is 6.84. The van der Waals surface area contributed by atoms with Crippen molar-refractivity contribution in [2.24, 2.45) is 0 Å². The van der Waals surface area contributed by atoms with Gasteiger partial charge in [0.05, 0.1) is 20.3 Å². The molecule has 1 atom stereocenters. The zero-order valence-electron chi connectivity index (χ0n) is 15.8. The molecular formula is C19H29NO5. The molecule has 0 saturated heterocycles. The van der Waals surface area contributed by atoms with Crippen molar-refractivity contribution in [1.29, 1.82) is 0 Å². The number of amides is 1. The van der Waals surface area contributed by atoms with Crippen LogP contribution in [0.1, 0.15) is 31.9 Å². The highest BCUT2D eigenvalue weighted by molar-refractivity contribution is 5.85. The van der Waals surface area contributed by atoms with E-state index in [2.05, 4.69) is 26.1 Å². The first-order chi connectivity index (χ1) is 11.8. The monoisotopic (exact) mass is 351 g/mol. The lowest BCUT2D eigenvalue weighted by atomic mass is 9.86. The van der Waals surface area contributed by atoms with E-state index in [1.54, 1.807) is 7.11 Å². The normalized spacial score (nSPS) is 12.5. The lowest BCUT2D eigenvalue weighted by Gasteiger charge is -2.20. The van der Waals surface area contributed by atoms with Gasteiger partial charge in [0.1, 0.15) is 12.6 Å². The molecule has 0 aliphatic carbocycles. The van der Waals surface area contributed by atoms with Crippen LogP contribution in [0.5, 0.6) is 0 Å². The van der Waals surface area contributed by atoms with E-state index in [9.17, 15) is 9.59 Å². The minimum atomic E-state index is -0.746. The molecule has 140 valence electrons. The molecule has 1 amide bonds. The Balaban J connectivity index is 2.67. The Morgan fingerprint density at radius 2 is 1.72 bits per heavy atom. The van der Waals surface area contributed by atoms with E-state index in [4.69, 9.17) is 14.2 Å². The SMILES string of the molecule is COCCOCC(=O)N[C@@H](Cc1ccc(C(C)(C)C)cc1)C(=O)OC. The van der Waals surface area contributed by atoms with E-state index >= 15 is 0 Å². The number of methoxy groups -OCH3 is 2. The fourth-order valence-electron chi connectivity index (χ4n) is 2.26. The van der Waals surface area contributed by atoms with E-state index in [1.807, 2.05) is 24.3 Å². The van der Waals surface area contributed by atoms with Crippen LogP contribution in [0.4, 0.5) is 0 Å². The number of esters is 1. The molecule has 25 heavy (non-hydrogen) atoms. The number of hydrogen-bond acceptors (Lipinski definition) is 5. The maximum atomic E-state index is 12.0. The number of hydrogen-bond donors (Lipinski definition) is 1. The predicted molar refractivity (Wildman–Crippen MR) is 95.5 cm³/mol. The highest BCUT2D eigenvalue weighted by atomic mass is 16.5. The molecule has 1 N–H and O–H groups in total. The molecule has 0 aromatic heterocycles. The van der Waals surface area contributed by atoms with Gasteiger partial charge in [-0.05, 0) is 16.5 Å². The first kappa shape index (κ1) is 21.1. The van der Waals surface area contributed by atoms with Crippen molar-refractivity contribution in [3.8, 4) is 0 Å². The van der Waals surface area contributed by atoms with Crippen molar-refractivity contribution in [3.63, 3.8) is 0 Å². The topological polar surface area (TPSA) is 73.9 Å². The zero-order valence-corrected chi connectivity index (χ0v) is 15.8. The first-order valence-corrected chi connectivity index (χ1v) is 8.31. The average molecular weight is 351 g/mol. The molecule has 0 spiro atoms. The van der Waals surface area contributed by atoms with Crippen LogP contribution >= 0.6 is 0 Å². The summed E-state index contributed by atoms with van der Waals surface area (Å²) in [5.74, 6) is -0.844. The summed E-state index contributed by atoms with van der Waals surface area (Å²) in [4.78, 5) is 23.9. The Bertz CT molecular complexity index is 548. The number of carbonyl (C=O) groups is 2. The van der Waals surface area contributed by atoms with E-state index in [0.29, 0.717) is 19.6 Å². The summed E-state index contributed by atoms with van der Waals surface area (Å²) in [7, 11) is 2.86. The van der Waals surface area contributed by atoms with Gasteiger partial charge in [-0.15, -0.1) is 0 Å². The van der Waals surface area contributed by atoms with Gasteiger partial charge in [-0.3, -0.25) is 4.79 Å². The number of carbonyl (C=O) groups excluding carboxylic acids is 2. The average Bonchev–Trinajstić information content (AvgIpc) is 2.57. The Hall–Kier alpha value is -1.92. The highest BCUT2D eigenvalue weighted by Crippen LogP contribution is 2.22. The Morgan fingerprint density at radius 1 is 1.08 bits per heavy atom. The van der Waals surface area contributed by atoms with Gasteiger partial charge >= 0.3 is 5.97 Å². The van der Waals surface area contributed by atoms with Crippen molar-refractivity contribution in [2.45, 2.75) is 38.6 Å². The quantitative estimate of drug-likeness (QED) is 0.543. The summed E-state index contributed by atoms with van der Waals surface area (Å²) in [6, 6.07) is 7.28. The third-order valence-electron chi connectivity index (χ3n) is 3.75. The molecule has 0 unspecified atom stereocenters. The number of rotatable bonds is 9. The minimum Gasteiger partial charge on any atom is -0.467 e. The fraction of sp³-hybridized carbons (Fsp3) is 0.579. The van der Waals surface area contributed by atoms with Gasteiger partial charge in [-0.25, -0.2) is 4.79 Å². The predicted octanol–water partition coefficient (Wildman–Crippen LogP) is 1.85. The van der Waals surface area contributed by atoms with Crippen LogP contribution in [0.25, 0.3) is 0 Å². The highest BCUT2D eigenvalue weighted by Gasteiger charge is 2.22. The van der Waals surface area contributed by atoms with Gasteiger partial charge in [0.2, 0.25) is 5.91 Å². The van der Waals surface area contributed by atoms with E-state index in [0.717, 1.165) is 5.56 Å². The van der Waals surface area contributed by atoms with Crippen molar-refractivity contribution in [3.05, 3.63) is 35.4 Å². The van der Waals surface area contributed by atoms with Gasteiger partial charge in [0.25, 0.3) is 0 Å². The molecule has 0 saturated carbocycles. The third kappa shape index (κ3) is 7.67. The van der Waals surface area contributed by atoms with E-state index < -0.39 is 12.0 Å². The smallest absolute Gasteiger partial charge is 0.328 e. The molecule has 0 heterocycles. The summed E-state index contributed by atoms with van der Waals surface area (Å²) in [5, 5.41) is 2.66. The van der Waals surface area contributed by atoms with Gasteiger partial charge in [-0.2, -0.15) is 0 Å². The molecule has 0 aliphatic heterocycles. The molecule has 0 bridgehead atoms. The van der Waals surface area contributed by atoms with Crippen LogP contribution in [-0.2, 0) is 35.6 Å². The molecule has 1 rings (SSSR count). The van der Waals surface area contributed by atoms with Crippen LogP contribution in [-0.4, -0.2) is 52.0 Å². The molecule has 0 aliphatic rings. The van der Waals surface area contributed by atoms with E-state index in [1.165, 1.54) is 12.7 Å². The van der Waals surface area contributed by atoms with Crippen molar-refractivity contribution < 1.29 is 23.8 Å². The molecule has 6 heteroatoms. The first-order valence-electron chi connectivity index (χ1n) is 8.31. The minimum absolute atomic E-state index is 0.0635. The molecule has 1 aromatic carbocycles. The maximum absolute atomic E-state index is 12.0. The Morgan fingerprint density at radius 3 is 2.24 bits per heavy atom. The molecule has 1 aromatic rings. The second-order valence-electron chi connectivity index (χ2n) is 6.84. The lowest BCUT2D eigenvalue weighted by Crippen LogP contribution is -2.44. The zero-order chi connectivity index (χ0) is 18.9. The van der Waals surface area contributed by atoms with Crippen LogP contribution in [0.3, 0.4) is 0 Å². The molecule has 6 nitrogen and oxygen atoms in total. The number of nitrogens with one attached hydrogen (secondary N) is 1. The largest absolute Gasteiger partial charge is 0.467 e. The molecular weight excluding hydrogens is 322 g/mol. The summed E-state index contributed by atoms with van der Waals surface area (Å²) in [5.41, 5.74) is 2.22. The van der Waals surface area contributed by atoms with Crippen molar-refractivity contribution in [2.75, 3.05) is 34.0 Å². The van der Waals surface area contributed by atoms with Crippen LogP contribution in [0.15, 0.2) is 24.3 Å².